The van der Waals surface area contributed by atoms with Gasteiger partial charge in [-0.2, -0.15) is 0 Å². The molecule has 3 aliphatic rings. The first-order valence-corrected chi connectivity index (χ1v) is 11.0. The van der Waals surface area contributed by atoms with E-state index in [1.54, 1.807) is 12.3 Å². The summed E-state index contributed by atoms with van der Waals surface area (Å²) in [5.41, 5.74) is -0.448. The van der Waals surface area contributed by atoms with Gasteiger partial charge in [-0.25, -0.2) is 14.8 Å². The second kappa shape index (κ2) is 8.46. The number of rotatable bonds is 4. The molecule has 1 saturated carbocycles. The maximum absolute atomic E-state index is 12.6. The van der Waals surface area contributed by atoms with Crippen LogP contribution in [0.5, 0.6) is 5.88 Å². The molecule has 2 unspecified atom stereocenters. The fourth-order valence-electron chi connectivity index (χ4n) is 4.93. The Morgan fingerprint density at radius 2 is 1.66 bits per heavy atom. The van der Waals surface area contributed by atoms with Crippen molar-refractivity contribution in [3.8, 4) is 5.88 Å². The molecule has 0 radical (unpaired) electrons. The highest BCUT2D eigenvalue weighted by Crippen LogP contribution is 2.39. The normalized spacial score (nSPS) is 32.1. The molecule has 1 aromatic rings. The Labute approximate surface area is 173 Å². The second-order valence-electron chi connectivity index (χ2n) is 9.57. The highest BCUT2D eigenvalue weighted by atomic mass is 16.6. The summed E-state index contributed by atoms with van der Waals surface area (Å²) >= 11 is 0. The van der Waals surface area contributed by atoms with Crippen LogP contribution in [0.1, 0.15) is 72.1 Å². The summed E-state index contributed by atoms with van der Waals surface area (Å²) in [5, 5.41) is 0. The first kappa shape index (κ1) is 20.4. The molecular weight excluding hydrogens is 370 g/mol. The third-order valence-corrected chi connectivity index (χ3v) is 6.14. The number of nitrogens with zero attached hydrogens (tertiary/aromatic N) is 3. The summed E-state index contributed by atoms with van der Waals surface area (Å²) in [5.74, 6) is 0.649. The lowest BCUT2D eigenvalue weighted by molar-refractivity contribution is -0.0814. The minimum absolute atomic E-state index is 0.161. The molecule has 7 nitrogen and oxygen atoms in total. The van der Waals surface area contributed by atoms with Gasteiger partial charge in [-0.15, -0.1) is 0 Å². The highest BCUT2D eigenvalue weighted by molar-refractivity contribution is 5.69. The maximum atomic E-state index is 12.6. The molecule has 7 heteroatoms. The molecular formula is C22H33N3O4. The van der Waals surface area contributed by atoms with Gasteiger partial charge >= 0.3 is 6.09 Å². The summed E-state index contributed by atoms with van der Waals surface area (Å²) in [6.07, 6.45) is 11.8. The number of carbonyl (C=O) groups is 1. The lowest BCUT2D eigenvalue weighted by atomic mass is 9.93. The largest absolute Gasteiger partial charge is 0.474 e. The van der Waals surface area contributed by atoms with Gasteiger partial charge in [-0.3, -0.25) is 0 Å². The monoisotopic (exact) mass is 403 g/mol. The van der Waals surface area contributed by atoms with Crippen molar-refractivity contribution >= 4 is 6.09 Å². The van der Waals surface area contributed by atoms with Crippen LogP contribution in [0, 0.1) is 0 Å². The number of fused-ring (bicyclic) bond motifs is 2. The Hall–Kier alpha value is -1.89. The predicted octanol–water partition coefficient (Wildman–Crippen LogP) is 4.11. The average Bonchev–Trinajstić information content (AvgIpc) is 2.94. The van der Waals surface area contributed by atoms with Gasteiger partial charge in [0.25, 0.3) is 0 Å². The van der Waals surface area contributed by atoms with Crippen molar-refractivity contribution in [3.05, 3.63) is 18.6 Å². The lowest BCUT2D eigenvalue weighted by Gasteiger charge is -2.41. The molecule has 29 heavy (non-hydrogen) atoms. The minimum Gasteiger partial charge on any atom is -0.474 e. The van der Waals surface area contributed by atoms with Gasteiger partial charge in [0.05, 0.1) is 12.2 Å². The lowest BCUT2D eigenvalue weighted by Crippen LogP contribution is -2.50. The van der Waals surface area contributed by atoms with Crippen LogP contribution in [0.2, 0.25) is 0 Å². The molecule has 1 aliphatic carbocycles. The van der Waals surface area contributed by atoms with E-state index in [9.17, 15) is 4.79 Å². The molecule has 3 fully saturated rings. The van der Waals surface area contributed by atoms with Crippen molar-refractivity contribution in [1.29, 1.82) is 0 Å². The fourth-order valence-corrected chi connectivity index (χ4v) is 4.93. The second-order valence-corrected chi connectivity index (χ2v) is 9.57. The van der Waals surface area contributed by atoms with E-state index in [1.165, 1.54) is 6.33 Å². The van der Waals surface area contributed by atoms with Crippen LogP contribution >= 0.6 is 0 Å². The number of piperidine rings is 1. The van der Waals surface area contributed by atoms with E-state index in [1.807, 2.05) is 25.7 Å². The van der Waals surface area contributed by atoms with Gasteiger partial charge in [0.15, 0.2) is 0 Å². The molecule has 4 rings (SSSR count). The number of hydrogen-bond acceptors (Lipinski definition) is 6. The zero-order valence-corrected chi connectivity index (χ0v) is 17.8. The third kappa shape index (κ3) is 5.18. The van der Waals surface area contributed by atoms with E-state index in [0.29, 0.717) is 5.88 Å². The van der Waals surface area contributed by atoms with E-state index < -0.39 is 5.60 Å². The summed E-state index contributed by atoms with van der Waals surface area (Å²) in [6, 6.07) is 2.31. The van der Waals surface area contributed by atoms with Gasteiger partial charge in [0.2, 0.25) is 5.88 Å². The Balaban J connectivity index is 1.24. The van der Waals surface area contributed by atoms with Crippen LogP contribution in [-0.4, -0.2) is 57.0 Å². The molecule has 2 saturated heterocycles. The molecule has 2 bridgehead atoms. The van der Waals surface area contributed by atoms with E-state index in [-0.39, 0.29) is 36.5 Å². The summed E-state index contributed by atoms with van der Waals surface area (Å²) in [4.78, 5) is 22.6. The molecule has 0 N–H and O–H groups in total. The number of ether oxygens (including phenoxy) is 3. The SMILES string of the molecule is CC(C)(C)OC(=O)N1C2CCC1CC(OC1CCC(Oc3ccncn3)CC1)C2. The molecule has 0 spiro atoms. The van der Waals surface area contributed by atoms with Gasteiger partial charge in [-0.05, 0) is 72.1 Å². The molecule has 2 atom stereocenters. The molecule has 1 aromatic heterocycles. The summed E-state index contributed by atoms with van der Waals surface area (Å²) in [6.45, 7) is 5.77. The third-order valence-electron chi connectivity index (χ3n) is 6.14. The topological polar surface area (TPSA) is 73.8 Å². The Kier molecular flexibility index (Phi) is 5.95. The molecule has 0 aromatic carbocycles. The van der Waals surface area contributed by atoms with Gasteiger partial charge in [-0.1, -0.05) is 0 Å². The molecule has 3 heterocycles. The summed E-state index contributed by atoms with van der Waals surface area (Å²) < 4.78 is 18.1. The zero-order valence-electron chi connectivity index (χ0n) is 17.8. The van der Waals surface area contributed by atoms with Gasteiger partial charge in [0.1, 0.15) is 18.0 Å². The number of aromatic nitrogens is 2. The van der Waals surface area contributed by atoms with Crippen molar-refractivity contribution < 1.29 is 19.0 Å². The summed E-state index contributed by atoms with van der Waals surface area (Å²) in [7, 11) is 0. The minimum atomic E-state index is -0.448. The van der Waals surface area contributed by atoms with Crippen LogP contribution in [-0.2, 0) is 9.47 Å². The van der Waals surface area contributed by atoms with Crippen LogP contribution in [0.15, 0.2) is 18.6 Å². The van der Waals surface area contributed by atoms with Gasteiger partial charge in [0, 0.05) is 24.3 Å². The first-order chi connectivity index (χ1) is 13.9. The van der Waals surface area contributed by atoms with Crippen molar-refractivity contribution in [1.82, 2.24) is 14.9 Å². The Morgan fingerprint density at radius 1 is 1.00 bits per heavy atom. The average molecular weight is 404 g/mol. The quantitative estimate of drug-likeness (QED) is 0.753. The number of hydrogen-bond donors (Lipinski definition) is 0. The Bertz CT molecular complexity index is 671. The van der Waals surface area contributed by atoms with Crippen molar-refractivity contribution in [2.24, 2.45) is 0 Å². The van der Waals surface area contributed by atoms with Crippen LogP contribution in [0.3, 0.4) is 0 Å². The van der Waals surface area contributed by atoms with E-state index in [2.05, 4.69) is 9.97 Å². The van der Waals surface area contributed by atoms with Crippen molar-refractivity contribution in [2.75, 3.05) is 0 Å². The number of carbonyl (C=O) groups excluding carboxylic acids is 1. The van der Waals surface area contributed by atoms with E-state index in [0.717, 1.165) is 51.4 Å². The fraction of sp³-hybridized carbons (Fsp3) is 0.773. The van der Waals surface area contributed by atoms with E-state index >= 15 is 0 Å². The Morgan fingerprint density at radius 3 is 2.24 bits per heavy atom. The van der Waals surface area contributed by atoms with Crippen LogP contribution < -0.4 is 4.74 Å². The standard InChI is InChI=1S/C22H33N3O4/c1-22(2,3)29-21(26)25-15-4-5-16(25)13-19(12-15)27-17-6-8-18(9-7-17)28-20-10-11-23-14-24-20/h10-11,14-19H,4-9,12-13H2,1-3H3. The van der Waals surface area contributed by atoms with Crippen molar-refractivity contribution in [3.63, 3.8) is 0 Å². The van der Waals surface area contributed by atoms with Crippen molar-refractivity contribution in [2.45, 2.75) is 108 Å². The smallest absolute Gasteiger partial charge is 0.410 e. The molecule has 2 aliphatic heterocycles. The zero-order chi connectivity index (χ0) is 20.4. The highest BCUT2D eigenvalue weighted by Gasteiger charge is 2.45. The predicted molar refractivity (Wildman–Crippen MR) is 108 cm³/mol. The van der Waals surface area contributed by atoms with Gasteiger partial charge < -0.3 is 19.1 Å². The van der Waals surface area contributed by atoms with E-state index in [4.69, 9.17) is 14.2 Å². The number of amides is 1. The van der Waals surface area contributed by atoms with Crippen LogP contribution in [0.4, 0.5) is 4.79 Å². The molecule has 1 amide bonds. The molecule has 160 valence electrons. The first-order valence-electron chi connectivity index (χ1n) is 11.0. The van der Waals surface area contributed by atoms with Crippen LogP contribution in [0.25, 0.3) is 0 Å². The maximum Gasteiger partial charge on any atom is 0.410 e.